The van der Waals surface area contributed by atoms with Crippen molar-refractivity contribution in [3.63, 3.8) is 0 Å². The number of rotatable bonds is 4. The van der Waals surface area contributed by atoms with E-state index in [1.165, 1.54) is 11.6 Å². The third kappa shape index (κ3) is 3.55. The van der Waals surface area contributed by atoms with Gasteiger partial charge in [0, 0.05) is 42.7 Å². The molecular formula is C24H27N5O3. The van der Waals surface area contributed by atoms with Crippen molar-refractivity contribution in [2.75, 3.05) is 28.6 Å². The van der Waals surface area contributed by atoms with Gasteiger partial charge in [0.2, 0.25) is 5.91 Å². The summed E-state index contributed by atoms with van der Waals surface area (Å²) in [7, 11) is 0. The van der Waals surface area contributed by atoms with Gasteiger partial charge in [-0.1, -0.05) is 12.1 Å². The van der Waals surface area contributed by atoms with Crippen molar-refractivity contribution in [2.45, 2.75) is 45.3 Å². The van der Waals surface area contributed by atoms with Crippen molar-refractivity contribution in [2.24, 2.45) is 0 Å². The van der Waals surface area contributed by atoms with E-state index in [9.17, 15) is 9.59 Å². The van der Waals surface area contributed by atoms with Crippen LogP contribution in [0, 0.1) is 0 Å². The van der Waals surface area contributed by atoms with Crippen LogP contribution in [0.15, 0.2) is 42.6 Å². The van der Waals surface area contributed by atoms with E-state index in [4.69, 9.17) is 4.74 Å². The quantitative estimate of drug-likeness (QED) is 0.638. The maximum Gasteiger partial charge on any atom is 0.436 e. The van der Waals surface area contributed by atoms with Gasteiger partial charge in [-0.2, -0.15) is 9.78 Å². The first-order valence-corrected chi connectivity index (χ1v) is 11.0. The molecule has 0 radical (unpaired) electrons. The van der Waals surface area contributed by atoms with Crippen molar-refractivity contribution in [1.29, 1.82) is 0 Å². The molecule has 0 saturated carbocycles. The van der Waals surface area contributed by atoms with Gasteiger partial charge in [-0.15, -0.1) is 0 Å². The number of carbonyl (C=O) groups excluding carboxylic acids is 2. The van der Waals surface area contributed by atoms with Gasteiger partial charge < -0.3 is 20.3 Å². The van der Waals surface area contributed by atoms with E-state index in [1.54, 1.807) is 6.20 Å². The van der Waals surface area contributed by atoms with Crippen LogP contribution < -0.4 is 15.5 Å². The van der Waals surface area contributed by atoms with Gasteiger partial charge in [0.15, 0.2) is 0 Å². The monoisotopic (exact) mass is 433 g/mol. The van der Waals surface area contributed by atoms with Crippen LogP contribution in [0.3, 0.4) is 0 Å². The highest BCUT2D eigenvalue weighted by Crippen LogP contribution is 2.38. The lowest BCUT2D eigenvalue weighted by molar-refractivity contribution is -0.114. The SMILES string of the molecule is CC(=O)Nc1ccccc1N1CCCC(Nc2cc3c4c(cnn4C(=O)OC3(C)C)c2)C1. The molecule has 2 aromatic carbocycles. The summed E-state index contributed by atoms with van der Waals surface area (Å²) in [6.45, 7) is 7.10. The second-order valence-electron chi connectivity index (χ2n) is 9.02. The third-order valence-electron chi connectivity index (χ3n) is 6.18. The molecule has 0 bridgehead atoms. The number of benzene rings is 2. The summed E-state index contributed by atoms with van der Waals surface area (Å²) < 4.78 is 6.94. The van der Waals surface area contributed by atoms with E-state index in [0.717, 1.165) is 59.5 Å². The standard InChI is InChI=1S/C24H27N5O3/c1-15(30)26-20-8-4-5-9-21(20)28-10-6-7-17(14-28)27-18-11-16-13-25-29-22(16)19(12-18)24(2,3)32-23(29)31/h4-5,8-9,11-13,17,27H,6-7,10,14H2,1-3H3,(H,26,30). The van der Waals surface area contributed by atoms with E-state index >= 15 is 0 Å². The Morgan fingerprint density at radius 2 is 2.06 bits per heavy atom. The van der Waals surface area contributed by atoms with Crippen molar-refractivity contribution >= 4 is 40.0 Å². The van der Waals surface area contributed by atoms with Gasteiger partial charge >= 0.3 is 6.09 Å². The number of ether oxygens (including phenoxy) is 1. The molecule has 1 unspecified atom stereocenters. The first-order chi connectivity index (χ1) is 15.3. The Balaban J connectivity index is 1.41. The van der Waals surface area contributed by atoms with Crippen molar-refractivity contribution in [3.05, 3.63) is 48.2 Å². The normalized spacial score (nSPS) is 19.5. The smallest absolute Gasteiger partial charge is 0.436 e. The fourth-order valence-corrected chi connectivity index (χ4v) is 4.76. The highest BCUT2D eigenvalue weighted by Gasteiger charge is 2.36. The number of cyclic esters (lactones) is 1. The summed E-state index contributed by atoms with van der Waals surface area (Å²) in [5, 5.41) is 11.8. The molecule has 5 rings (SSSR count). The number of nitrogens with one attached hydrogen (secondary N) is 2. The lowest BCUT2D eigenvalue weighted by Gasteiger charge is -2.36. The zero-order valence-corrected chi connectivity index (χ0v) is 18.5. The first kappa shape index (κ1) is 20.4. The van der Waals surface area contributed by atoms with E-state index in [1.807, 2.05) is 38.1 Å². The zero-order valence-electron chi connectivity index (χ0n) is 18.5. The maximum atomic E-state index is 12.2. The molecular weight excluding hydrogens is 406 g/mol. The number of nitrogens with zero attached hydrogens (tertiary/aromatic N) is 3. The average molecular weight is 434 g/mol. The van der Waals surface area contributed by atoms with Crippen molar-refractivity contribution in [3.8, 4) is 0 Å². The molecule has 3 aromatic rings. The summed E-state index contributed by atoms with van der Waals surface area (Å²) in [6.07, 6.45) is 3.36. The second kappa shape index (κ2) is 7.55. The Morgan fingerprint density at radius 3 is 2.88 bits per heavy atom. The van der Waals surface area contributed by atoms with Crippen LogP contribution in [0.2, 0.25) is 0 Å². The number of piperidine rings is 1. The highest BCUT2D eigenvalue weighted by molar-refractivity contribution is 5.95. The molecule has 8 heteroatoms. The Kier molecular flexibility index (Phi) is 4.80. The van der Waals surface area contributed by atoms with Crippen LogP contribution in [-0.2, 0) is 15.1 Å². The minimum Gasteiger partial charge on any atom is -0.437 e. The molecule has 1 atom stereocenters. The van der Waals surface area contributed by atoms with Gasteiger partial charge in [0.25, 0.3) is 0 Å². The van der Waals surface area contributed by atoms with E-state index < -0.39 is 11.7 Å². The number of anilines is 3. The van der Waals surface area contributed by atoms with Crippen LogP contribution in [0.5, 0.6) is 0 Å². The molecule has 8 nitrogen and oxygen atoms in total. The lowest BCUT2D eigenvalue weighted by Crippen LogP contribution is -2.42. The number of carbonyl (C=O) groups is 2. The molecule has 0 spiro atoms. The second-order valence-corrected chi connectivity index (χ2v) is 9.02. The van der Waals surface area contributed by atoms with Crippen LogP contribution >= 0.6 is 0 Å². The molecule has 1 aromatic heterocycles. The summed E-state index contributed by atoms with van der Waals surface area (Å²) in [6, 6.07) is 12.3. The van der Waals surface area contributed by atoms with Crippen LogP contribution in [0.1, 0.15) is 39.2 Å². The molecule has 1 amide bonds. The summed E-state index contributed by atoms with van der Waals surface area (Å²) in [4.78, 5) is 26.2. The maximum absolute atomic E-state index is 12.2. The first-order valence-electron chi connectivity index (χ1n) is 11.0. The van der Waals surface area contributed by atoms with Crippen molar-refractivity contribution in [1.82, 2.24) is 9.78 Å². The largest absolute Gasteiger partial charge is 0.437 e. The Bertz CT molecular complexity index is 1220. The van der Waals surface area contributed by atoms with E-state index in [2.05, 4.69) is 32.8 Å². The van der Waals surface area contributed by atoms with Gasteiger partial charge in [-0.05, 0) is 51.0 Å². The fourth-order valence-electron chi connectivity index (χ4n) is 4.76. The number of hydrogen-bond acceptors (Lipinski definition) is 6. The summed E-state index contributed by atoms with van der Waals surface area (Å²) >= 11 is 0. The molecule has 2 aliphatic heterocycles. The molecule has 3 heterocycles. The molecule has 2 aliphatic rings. The number of amides is 1. The average Bonchev–Trinajstić information content (AvgIpc) is 3.16. The number of para-hydroxylation sites is 2. The highest BCUT2D eigenvalue weighted by atomic mass is 16.6. The van der Waals surface area contributed by atoms with Gasteiger partial charge in [-0.3, -0.25) is 4.79 Å². The van der Waals surface area contributed by atoms with E-state index in [0.29, 0.717) is 0 Å². The Hall–Kier alpha value is -3.55. The van der Waals surface area contributed by atoms with Crippen molar-refractivity contribution < 1.29 is 14.3 Å². The lowest BCUT2D eigenvalue weighted by atomic mass is 9.93. The molecule has 0 aliphatic carbocycles. The molecule has 1 saturated heterocycles. The fraction of sp³-hybridized carbons (Fsp3) is 0.375. The Morgan fingerprint density at radius 1 is 1.25 bits per heavy atom. The molecule has 166 valence electrons. The van der Waals surface area contributed by atoms with Gasteiger partial charge in [0.1, 0.15) is 5.60 Å². The predicted molar refractivity (Wildman–Crippen MR) is 124 cm³/mol. The van der Waals surface area contributed by atoms with Gasteiger partial charge in [0.05, 0.1) is 23.1 Å². The van der Waals surface area contributed by atoms with E-state index in [-0.39, 0.29) is 11.9 Å². The molecule has 1 fully saturated rings. The minimum absolute atomic E-state index is 0.0738. The zero-order chi connectivity index (χ0) is 22.5. The number of hydrogen-bond donors (Lipinski definition) is 2. The minimum atomic E-state index is -0.723. The summed E-state index contributed by atoms with van der Waals surface area (Å²) in [5.41, 5.74) is 3.89. The Labute approximate surface area is 186 Å². The number of aromatic nitrogens is 2. The van der Waals surface area contributed by atoms with Crippen LogP contribution in [-0.4, -0.2) is 40.9 Å². The van der Waals surface area contributed by atoms with Gasteiger partial charge in [-0.25, -0.2) is 4.79 Å². The third-order valence-corrected chi connectivity index (χ3v) is 6.18. The molecule has 2 N–H and O–H groups in total. The molecule has 32 heavy (non-hydrogen) atoms. The van der Waals surface area contributed by atoms with Crippen LogP contribution in [0.4, 0.5) is 21.9 Å². The summed E-state index contributed by atoms with van der Waals surface area (Å²) in [5.74, 6) is -0.0738. The van der Waals surface area contributed by atoms with Crippen LogP contribution in [0.25, 0.3) is 10.9 Å². The predicted octanol–water partition coefficient (Wildman–Crippen LogP) is 4.31. The topological polar surface area (TPSA) is 88.5 Å².